The number of carbonyl (C=O) groups excluding carboxylic acids is 2. The van der Waals surface area contributed by atoms with Crippen LogP contribution < -0.4 is 22.1 Å². The van der Waals surface area contributed by atoms with Crippen molar-refractivity contribution in [1.82, 2.24) is 10.6 Å². The third-order valence-electron chi connectivity index (χ3n) is 1.58. The standard InChI is InChI=1S/C8H18N4O2/c9-3-1-2-4-11-8(14)6-12-7(13)5-10/h1-6,9-10H2,(H,11,14)(H,12,13). The van der Waals surface area contributed by atoms with Crippen molar-refractivity contribution in [3.8, 4) is 0 Å². The summed E-state index contributed by atoms with van der Waals surface area (Å²) < 4.78 is 0. The average molecular weight is 202 g/mol. The van der Waals surface area contributed by atoms with Crippen LogP contribution in [-0.4, -0.2) is 38.0 Å². The van der Waals surface area contributed by atoms with Gasteiger partial charge in [0, 0.05) is 6.54 Å². The molecular weight excluding hydrogens is 184 g/mol. The summed E-state index contributed by atoms with van der Waals surface area (Å²) in [6, 6.07) is 0. The molecule has 0 aliphatic heterocycles. The van der Waals surface area contributed by atoms with Crippen molar-refractivity contribution in [1.29, 1.82) is 0 Å². The largest absolute Gasteiger partial charge is 0.355 e. The van der Waals surface area contributed by atoms with E-state index in [0.29, 0.717) is 13.1 Å². The summed E-state index contributed by atoms with van der Waals surface area (Å²) in [5, 5.41) is 5.02. The Bertz CT molecular complexity index is 184. The number of rotatable bonds is 7. The third-order valence-corrected chi connectivity index (χ3v) is 1.58. The van der Waals surface area contributed by atoms with Gasteiger partial charge in [0.2, 0.25) is 11.8 Å². The molecule has 0 aliphatic carbocycles. The molecule has 0 saturated carbocycles. The maximum absolute atomic E-state index is 11.0. The van der Waals surface area contributed by atoms with Gasteiger partial charge in [-0.25, -0.2) is 0 Å². The van der Waals surface area contributed by atoms with Crippen LogP contribution in [0.2, 0.25) is 0 Å². The molecule has 0 spiro atoms. The minimum atomic E-state index is -0.331. The number of unbranched alkanes of at least 4 members (excludes halogenated alkanes) is 1. The zero-order valence-corrected chi connectivity index (χ0v) is 8.21. The monoisotopic (exact) mass is 202 g/mol. The lowest BCUT2D eigenvalue weighted by Crippen LogP contribution is -2.39. The number of carbonyl (C=O) groups is 2. The molecule has 6 heteroatoms. The van der Waals surface area contributed by atoms with Gasteiger partial charge in [0.1, 0.15) is 0 Å². The molecule has 0 fully saturated rings. The van der Waals surface area contributed by atoms with E-state index in [2.05, 4.69) is 10.6 Å². The van der Waals surface area contributed by atoms with E-state index < -0.39 is 0 Å². The fourth-order valence-corrected chi connectivity index (χ4v) is 0.811. The van der Waals surface area contributed by atoms with Crippen LogP contribution in [0, 0.1) is 0 Å². The molecule has 0 radical (unpaired) electrons. The molecule has 14 heavy (non-hydrogen) atoms. The van der Waals surface area contributed by atoms with Gasteiger partial charge in [-0.05, 0) is 19.4 Å². The Morgan fingerprint density at radius 3 is 2.29 bits per heavy atom. The van der Waals surface area contributed by atoms with E-state index in [9.17, 15) is 9.59 Å². The average Bonchev–Trinajstić information content (AvgIpc) is 2.21. The van der Waals surface area contributed by atoms with Crippen molar-refractivity contribution in [2.75, 3.05) is 26.2 Å². The second-order valence-electron chi connectivity index (χ2n) is 2.83. The molecule has 0 bridgehead atoms. The lowest BCUT2D eigenvalue weighted by Gasteiger charge is -2.05. The summed E-state index contributed by atoms with van der Waals surface area (Å²) in [7, 11) is 0. The highest BCUT2D eigenvalue weighted by atomic mass is 16.2. The van der Waals surface area contributed by atoms with Crippen molar-refractivity contribution in [2.24, 2.45) is 11.5 Å². The quantitative estimate of drug-likeness (QED) is 0.355. The third kappa shape index (κ3) is 7.51. The summed E-state index contributed by atoms with van der Waals surface area (Å²) in [6.45, 7) is 1.10. The lowest BCUT2D eigenvalue weighted by atomic mass is 10.3. The summed E-state index contributed by atoms with van der Waals surface area (Å²) in [5.41, 5.74) is 10.3. The van der Waals surface area contributed by atoms with Crippen LogP contribution in [0.15, 0.2) is 0 Å². The zero-order valence-electron chi connectivity index (χ0n) is 8.21. The molecule has 82 valence electrons. The minimum absolute atomic E-state index is 0.0152. The van der Waals surface area contributed by atoms with Gasteiger partial charge in [-0.15, -0.1) is 0 Å². The maximum Gasteiger partial charge on any atom is 0.239 e. The molecule has 6 N–H and O–H groups in total. The van der Waals surface area contributed by atoms with E-state index in [1.165, 1.54) is 0 Å². The van der Waals surface area contributed by atoms with Crippen LogP contribution in [0.25, 0.3) is 0 Å². The van der Waals surface area contributed by atoms with Crippen LogP contribution >= 0.6 is 0 Å². The van der Waals surface area contributed by atoms with Crippen molar-refractivity contribution >= 4 is 11.8 Å². The first kappa shape index (κ1) is 12.9. The fourth-order valence-electron chi connectivity index (χ4n) is 0.811. The topological polar surface area (TPSA) is 110 Å². The van der Waals surface area contributed by atoms with Crippen LogP contribution in [0.5, 0.6) is 0 Å². The van der Waals surface area contributed by atoms with Crippen LogP contribution in [0.1, 0.15) is 12.8 Å². The molecule has 0 aromatic rings. The minimum Gasteiger partial charge on any atom is -0.355 e. The van der Waals surface area contributed by atoms with Crippen molar-refractivity contribution in [3.05, 3.63) is 0 Å². The van der Waals surface area contributed by atoms with E-state index in [1.54, 1.807) is 0 Å². The molecular formula is C8H18N4O2. The van der Waals surface area contributed by atoms with Gasteiger partial charge in [-0.2, -0.15) is 0 Å². The molecule has 0 rings (SSSR count). The van der Waals surface area contributed by atoms with Gasteiger partial charge in [0.25, 0.3) is 0 Å². The first-order chi connectivity index (χ1) is 6.70. The molecule has 6 nitrogen and oxygen atoms in total. The first-order valence-electron chi connectivity index (χ1n) is 4.64. The second kappa shape index (κ2) is 8.46. The smallest absolute Gasteiger partial charge is 0.239 e. The molecule has 0 aromatic carbocycles. The van der Waals surface area contributed by atoms with Gasteiger partial charge in [-0.3, -0.25) is 9.59 Å². The molecule has 0 saturated heterocycles. The van der Waals surface area contributed by atoms with Gasteiger partial charge >= 0.3 is 0 Å². The summed E-state index contributed by atoms with van der Waals surface area (Å²) in [6.07, 6.45) is 1.74. The van der Waals surface area contributed by atoms with Gasteiger partial charge in [0.05, 0.1) is 13.1 Å². The molecule has 0 aliphatic rings. The number of nitrogens with one attached hydrogen (secondary N) is 2. The SMILES string of the molecule is NCCCCNC(=O)CNC(=O)CN. The Kier molecular flexibility index (Phi) is 7.77. The van der Waals surface area contributed by atoms with E-state index in [1.807, 2.05) is 0 Å². The first-order valence-corrected chi connectivity index (χ1v) is 4.64. The van der Waals surface area contributed by atoms with Gasteiger partial charge in [-0.1, -0.05) is 0 Å². The van der Waals surface area contributed by atoms with E-state index in [-0.39, 0.29) is 24.9 Å². The van der Waals surface area contributed by atoms with E-state index >= 15 is 0 Å². The highest BCUT2D eigenvalue weighted by Gasteiger charge is 2.02. The number of amides is 2. The second-order valence-corrected chi connectivity index (χ2v) is 2.83. The van der Waals surface area contributed by atoms with Crippen molar-refractivity contribution < 1.29 is 9.59 Å². The number of hydrogen-bond donors (Lipinski definition) is 4. The molecule has 0 atom stereocenters. The summed E-state index contributed by atoms with van der Waals surface area (Å²) >= 11 is 0. The van der Waals surface area contributed by atoms with E-state index in [4.69, 9.17) is 11.5 Å². The molecule has 0 aromatic heterocycles. The van der Waals surface area contributed by atoms with Crippen LogP contribution in [0.3, 0.4) is 0 Å². The zero-order chi connectivity index (χ0) is 10.8. The fraction of sp³-hybridized carbons (Fsp3) is 0.750. The predicted octanol–water partition coefficient (Wildman–Crippen LogP) is -2.08. The Morgan fingerprint density at radius 1 is 1.00 bits per heavy atom. The Hall–Kier alpha value is -1.14. The number of nitrogens with two attached hydrogens (primary N) is 2. The molecule has 0 unspecified atom stereocenters. The molecule has 0 heterocycles. The van der Waals surface area contributed by atoms with Crippen LogP contribution in [0.4, 0.5) is 0 Å². The van der Waals surface area contributed by atoms with Gasteiger partial charge < -0.3 is 22.1 Å². The normalized spacial score (nSPS) is 9.57. The molecule has 2 amide bonds. The summed E-state index contributed by atoms with van der Waals surface area (Å²) in [5.74, 6) is -0.536. The maximum atomic E-state index is 11.0. The lowest BCUT2D eigenvalue weighted by molar-refractivity contribution is -0.125. The summed E-state index contributed by atoms with van der Waals surface area (Å²) in [4.78, 5) is 21.7. The number of hydrogen-bond acceptors (Lipinski definition) is 4. The Labute approximate surface area is 83.4 Å². The van der Waals surface area contributed by atoms with Crippen molar-refractivity contribution in [2.45, 2.75) is 12.8 Å². The highest BCUT2D eigenvalue weighted by molar-refractivity contribution is 5.85. The Morgan fingerprint density at radius 2 is 1.71 bits per heavy atom. The van der Waals surface area contributed by atoms with Gasteiger partial charge in [0.15, 0.2) is 0 Å². The van der Waals surface area contributed by atoms with E-state index in [0.717, 1.165) is 12.8 Å². The van der Waals surface area contributed by atoms with Crippen LogP contribution in [-0.2, 0) is 9.59 Å². The predicted molar refractivity (Wildman–Crippen MR) is 53.4 cm³/mol. The highest BCUT2D eigenvalue weighted by Crippen LogP contribution is 1.81. The van der Waals surface area contributed by atoms with Crippen molar-refractivity contribution in [3.63, 3.8) is 0 Å². The Balaban J connectivity index is 3.32.